The van der Waals surface area contributed by atoms with Crippen LogP contribution >= 0.6 is 12.2 Å². The summed E-state index contributed by atoms with van der Waals surface area (Å²) in [6, 6.07) is 28.8. The monoisotopic (exact) mass is 340 g/mol. The minimum absolute atomic E-state index is 0.612. The Hall–Kier alpha value is -3.04. The molecule has 2 nitrogen and oxygen atoms in total. The van der Waals surface area contributed by atoms with Crippen molar-refractivity contribution in [2.24, 2.45) is 5.10 Å². The van der Waals surface area contributed by atoms with Crippen molar-refractivity contribution in [1.29, 1.82) is 0 Å². The Kier molecular flexibility index (Phi) is 4.23. The highest BCUT2D eigenvalue weighted by molar-refractivity contribution is 7.80. The normalized spacial score (nSPS) is 11.2. The lowest BCUT2D eigenvalue weighted by atomic mass is 9.97. The molecule has 0 saturated heterocycles. The van der Waals surface area contributed by atoms with E-state index in [2.05, 4.69) is 65.1 Å². The molecule has 0 heterocycles. The molecule has 0 aliphatic rings. The van der Waals surface area contributed by atoms with Crippen molar-refractivity contribution in [3.63, 3.8) is 0 Å². The van der Waals surface area contributed by atoms with Crippen LogP contribution in [0.3, 0.4) is 0 Å². The molecule has 0 amide bonds. The fourth-order valence-corrected chi connectivity index (χ4v) is 3.19. The van der Waals surface area contributed by atoms with Gasteiger partial charge in [-0.25, -0.2) is 0 Å². The van der Waals surface area contributed by atoms with E-state index in [4.69, 9.17) is 12.2 Å². The van der Waals surface area contributed by atoms with E-state index in [1.54, 1.807) is 0 Å². The fourth-order valence-electron chi connectivity index (χ4n) is 3.00. The maximum Gasteiger partial charge on any atom is 0.126 e. The van der Waals surface area contributed by atoms with Gasteiger partial charge in [0.15, 0.2) is 0 Å². The summed E-state index contributed by atoms with van der Waals surface area (Å²) in [7, 11) is 0. The Morgan fingerprint density at radius 3 is 1.96 bits per heavy atom. The molecule has 25 heavy (non-hydrogen) atoms. The highest BCUT2D eigenvalue weighted by Gasteiger charge is 2.05. The molecule has 0 atom stereocenters. The largest absolute Gasteiger partial charge is 0.267 e. The molecule has 0 unspecified atom stereocenters. The molecule has 3 heteroatoms. The average Bonchev–Trinajstić information content (AvgIpc) is 2.68. The van der Waals surface area contributed by atoms with Gasteiger partial charge in [-0.15, -0.1) is 0 Å². The molecule has 0 radical (unpaired) electrons. The zero-order valence-electron chi connectivity index (χ0n) is 13.5. The van der Waals surface area contributed by atoms with Crippen LogP contribution in [-0.2, 0) is 0 Å². The number of fused-ring (bicyclic) bond motifs is 2. The van der Waals surface area contributed by atoms with Gasteiger partial charge in [0.1, 0.15) is 4.99 Å². The summed E-state index contributed by atoms with van der Waals surface area (Å²) in [6.45, 7) is 0. The number of hydrazone groups is 1. The molecule has 4 aromatic carbocycles. The lowest BCUT2D eigenvalue weighted by molar-refractivity contribution is 1.06. The number of nitrogens with one attached hydrogen (secondary N) is 1. The van der Waals surface area contributed by atoms with Gasteiger partial charge in [-0.1, -0.05) is 91.1 Å². The lowest BCUT2D eigenvalue weighted by Gasteiger charge is -2.08. The highest BCUT2D eigenvalue weighted by atomic mass is 32.1. The van der Waals surface area contributed by atoms with Crippen LogP contribution in [0.25, 0.3) is 21.5 Å². The Morgan fingerprint density at radius 1 is 0.760 bits per heavy atom. The van der Waals surface area contributed by atoms with E-state index < -0.39 is 0 Å². The van der Waals surface area contributed by atoms with E-state index in [9.17, 15) is 0 Å². The predicted molar refractivity (Wildman–Crippen MR) is 110 cm³/mol. The minimum atomic E-state index is 0.612. The van der Waals surface area contributed by atoms with Gasteiger partial charge in [0.25, 0.3) is 0 Å². The van der Waals surface area contributed by atoms with Gasteiger partial charge in [0.05, 0.1) is 6.21 Å². The van der Waals surface area contributed by atoms with Gasteiger partial charge in [0.2, 0.25) is 0 Å². The van der Waals surface area contributed by atoms with Gasteiger partial charge in [-0.05, 0) is 27.6 Å². The molecular formula is C22H16N2S. The van der Waals surface area contributed by atoms with Crippen molar-refractivity contribution in [3.05, 3.63) is 96.1 Å². The molecule has 4 rings (SSSR count). The van der Waals surface area contributed by atoms with Gasteiger partial charge in [0, 0.05) is 11.1 Å². The average molecular weight is 340 g/mol. The molecule has 0 aromatic heterocycles. The fraction of sp³-hybridized carbons (Fsp3) is 0. The van der Waals surface area contributed by atoms with Gasteiger partial charge >= 0.3 is 0 Å². The van der Waals surface area contributed by atoms with E-state index in [0.29, 0.717) is 4.99 Å². The van der Waals surface area contributed by atoms with Crippen molar-refractivity contribution in [2.45, 2.75) is 0 Å². The van der Waals surface area contributed by atoms with Gasteiger partial charge in [-0.3, -0.25) is 5.43 Å². The molecular weight excluding hydrogens is 324 g/mol. The third kappa shape index (κ3) is 3.14. The molecule has 0 spiro atoms. The number of benzene rings is 4. The number of nitrogens with zero attached hydrogens (tertiary/aromatic N) is 1. The van der Waals surface area contributed by atoms with E-state index in [-0.39, 0.29) is 0 Å². The second-order valence-corrected chi connectivity index (χ2v) is 6.21. The van der Waals surface area contributed by atoms with Crippen molar-refractivity contribution in [1.82, 2.24) is 5.43 Å². The highest BCUT2D eigenvalue weighted by Crippen LogP contribution is 2.27. The van der Waals surface area contributed by atoms with Crippen LogP contribution in [0, 0.1) is 0 Å². The molecule has 0 aliphatic carbocycles. The third-order valence-electron chi connectivity index (χ3n) is 4.21. The smallest absolute Gasteiger partial charge is 0.126 e. The number of hydrogen-bond acceptors (Lipinski definition) is 2. The molecule has 4 aromatic rings. The van der Waals surface area contributed by atoms with Crippen LogP contribution in [0.1, 0.15) is 11.1 Å². The SMILES string of the molecule is S=C(NN=Cc1c2ccccc2cc2ccccc12)c1ccccc1. The molecule has 0 saturated carbocycles. The van der Waals surface area contributed by atoms with Crippen LogP contribution in [0.15, 0.2) is 90.0 Å². The predicted octanol–water partition coefficient (Wildman–Crippen LogP) is 5.29. The topological polar surface area (TPSA) is 24.4 Å². The first-order chi connectivity index (χ1) is 12.3. The summed E-state index contributed by atoms with van der Waals surface area (Å²) in [4.78, 5) is 0.612. The van der Waals surface area contributed by atoms with Crippen molar-refractivity contribution < 1.29 is 0 Å². The lowest BCUT2D eigenvalue weighted by Crippen LogP contribution is -2.16. The molecule has 120 valence electrons. The first-order valence-corrected chi connectivity index (χ1v) is 8.53. The zero-order chi connectivity index (χ0) is 17.1. The summed E-state index contributed by atoms with van der Waals surface area (Å²) >= 11 is 5.40. The second-order valence-electron chi connectivity index (χ2n) is 5.80. The third-order valence-corrected chi connectivity index (χ3v) is 4.54. The summed E-state index contributed by atoms with van der Waals surface area (Å²) in [6.07, 6.45) is 1.86. The Labute approximate surface area is 151 Å². The van der Waals surface area contributed by atoms with E-state index in [1.165, 1.54) is 21.5 Å². The van der Waals surface area contributed by atoms with Crippen LogP contribution in [0.2, 0.25) is 0 Å². The Balaban J connectivity index is 1.73. The summed E-state index contributed by atoms with van der Waals surface area (Å²) in [5.41, 5.74) is 5.03. The van der Waals surface area contributed by atoms with Crippen molar-refractivity contribution >= 4 is 45.0 Å². The maximum absolute atomic E-state index is 5.40. The Morgan fingerprint density at radius 2 is 1.32 bits per heavy atom. The molecule has 0 bridgehead atoms. The standard InChI is InChI=1S/C22H16N2S/c25-22(16-8-2-1-3-9-16)24-23-15-21-19-12-6-4-10-17(19)14-18-11-5-7-13-20(18)21/h1-15H,(H,24,25). The van der Waals surface area contributed by atoms with Crippen LogP contribution in [0.4, 0.5) is 0 Å². The first kappa shape index (κ1) is 15.5. The maximum atomic E-state index is 5.40. The summed E-state index contributed by atoms with van der Waals surface area (Å²) < 4.78 is 0. The van der Waals surface area contributed by atoms with Gasteiger partial charge in [-0.2, -0.15) is 5.10 Å². The quantitative estimate of drug-likeness (QED) is 0.237. The Bertz CT molecular complexity index is 1030. The van der Waals surface area contributed by atoms with E-state index in [0.717, 1.165) is 11.1 Å². The van der Waals surface area contributed by atoms with Crippen LogP contribution in [0.5, 0.6) is 0 Å². The number of rotatable bonds is 3. The molecule has 0 fully saturated rings. The van der Waals surface area contributed by atoms with Gasteiger partial charge < -0.3 is 0 Å². The van der Waals surface area contributed by atoms with Crippen molar-refractivity contribution in [2.75, 3.05) is 0 Å². The summed E-state index contributed by atoms with van der Waals surface area (Å²) in [5, 5.41) is 9.16. The number of thiocarbonyl (C=S) groups is 1. The first-order valence-electron chi connectivity index (χ1n) is 8.12. The zero-order valence-corrected chi connectivity index (χ0v) is 14.3. The van der Waals surface area contributed by atoms with Crippen molar-refractivity contribution in [3.8, 4) is 0 Å². The summed E-state index contributed by atoms with van der Waals surface area (Å²) in [5.74, 6) is 0. The van der Waals surface area contributed by atoms with Crippen LogP contribution in [-0.4, -0.2) is 11.2 Å². The molecule has 0 aliphatic heterocycles. The van der Waals surface area contributed by atoms with E-state index >= 15 is 0 Å². The second kappa shape index (κ2) is 6.83. The molecule has 1 N–H and O–H groups in total. The van der Waals surface area contributed by atoms with E-state index in [1.807, 2.05) is 36.5 Å². The number of hydrogen-bond donors (Lipinski definition) is 1. The van der Waals surface area contributed by atoms with Crippen LogP contribution < -0.4 is 5.43 Å². The minimum Gasteiger partial charge on any atom is -0.267 e.